The Morgan fingerprint density at radius 1 is 0.302 bits per heavy atom. The molecule has 248 valence electrons. The van der Waals surface area contributed by atoms with Crippen molar-refractivity contribution in [2.24, 2.45) is 0 Å². The first kappa shape index (κ1) is 30.2. The van der Waals surface area contributed by atoms with Crippen LogP contribution in [0.2, 0.25) is 0 Å². The molecule has 0 amide bonds. The van der Waals surface area contributed by atoms with Gasteiger partial charge in [0.05, 0.1) is 0 Å². The summed E-state index contributed by atoms with van der Waals surface area (Å²) in [6.45, 7) is 4.77. The van der Waals surface area contributed by atoms with Crippen LogP contribution in [0.3, 0.4) is 0 Å². The molecule has 0 bridgehead atoms. The third-order valence-electron chi connectivity index (χ3n) is 12.0. The molecule has 0 unspecified atom stereocenters. The third kappa shape index (κ3) is 4.24. The molecule has 2 aliphatic carbocycles. The zero-order valence-corrected chi connectivity index (χ0v) is 29.8. The number of hydrogen-bond donors (Lipinski definition) is 0. The van der Waals surface area contributed by atoms with E-state index in [1.54, 1.807) is 0 Å². The van der Waals surface area contributed by atoms with Gasteiger partial charge in [0.25, 0.3) is 0 Å². The molecule has 0 radical (unpaired) electrons. The van der Waals surface area contributed by atoms with Crippen molar-refractivity contribution < 1.29 is 0 Å². The molecular weight excluding hydrogens is 637 g/mol. The number of rotatable bonds is 4. The Morgan fingerprint density at radius 2 is 0.792 bits per heavy atom. The Balaban J connectivity index is 1.32. The fraction of sp³-hybridized carbons (Fsp3) is 0.0566. The van der Waals surface area contributed by atoms with E-state index < -0.39 is 0 Å². The third-order valence-corrected chi connectivity index (χ3v) is 12.0. The smallest absolute Gasteiger partial charge is 0.0159 e. The topological polar surface area (TPSA) is 0 Å². The van der Waals surface area contributed by atoms with Crippen LogP contribution >= 0.6 is 0 Å². The molecule has 0 nitrogen and oxygen atoms in total. The van der Waals surface area contributed by atoms with E-state index in [0.717, 1.165) is 0 Å². The fourth-order valence-corrected chi connectivity index (χ4v) is 9.69. The number of fused-ring (bicyclic) bond motifs is 7. The van der Waals surface area contributed by atoms with E-state index in [2.05, 4.69) is 196 Å². The first-order valence-corrected chi connectivity index (χ1v) is 18.7. The van der Waals surface area contributed by atoms with Crippen LogP contribution in [0.15, 0.2) is 182 Å². The molecule has 0 heterocycles. The molecule has 0 saturated heterocycles. The summed E-state index contributed by atoms with van der Waals surface area (Å²) in [6.07, 6.45) is 0. The van der Waals surface area contributed by atoms with Crippen molar-refractivity contribution in [3.63, 3.8) is 0 Å². The Labute approximate surface area is 310 Å². The molecule has 0 aliphatic heterocycles. The van der Waals surface area contributed by atoms with Crippen LogP contribution in [-0.2, 0) is 5.41 Å². The summed E-state index contributed by atoms with van der Waals surface area (Å²) in [4.78, 5) is 0. The lowest BCUT2D eigenvalue weighted by Gasteiger charge is -2.25. The van der Waals surface area contributed by atoms with Crippen LogP contribution in [-0.4, -0.2) is 0 Å². The minimum Gasteiger partial charge on any atom is -0.0622 e. The minimum absolute atomic E-state index is 0.0942. The van der Waals surface area contributed by atoms with E-state index in [1.165, 1.54) is 111 Å². The Bertz CT molecular complexity index is 2880. The summed E-state index contributed by atoms with van der Waals surface area (Å²) in [5.74, 6) is 0. The van der Waals surface area contributed by atoms with Crippen molar-refractivity contribution in [2.75, 3.05) is 0 Å². The van der Waals surface area contributed by atoms with Crippen molar-refractivity contribution >= 4 is 21.5 Å². The number of hydrogen-bond acceptors (Lipinski definition) is 0. The molecule has 0 saturated carbocycles. The maximum absolute atomic E-state index is 2.51. The molecule has 0 atom stereocenters. The van der Waals surface area contributed by atoms with Crippen LogP contribution in [0, 0.1) is 0 Å². The summed E-state index contributed by atoms with van der Waals surface area (Å²) >= 11 is 0. The zero-order chi connectivity index (χ0) is 35.3. The molecular formula is C53H36. The Hall–Kier alpha value is -6.50. The first-order valence-electron chi connectivity index (χ1n) is 18.7. The predicted octanol–water partition coefficient (Wildman–Crippen LogP) is 14.6. The van der Waals surface area contributed by atoms with Crippen molar-refractivity contribution in [1.29, 1.82) is 0 Å². The lowest BCUT2D eigenvalue weighted by molar-refractivity contribution is 0.660. The van der Waals surface area contributed by atoms with Gasteiger partial charge in [-0.1, -0.05) is 190 Å². The maximum Gasteiger partial charge on any atom is 0.0159 e. The summed E-state index contributed by atoms with van der Waals surface area (Å²) in [5.41, 5.74) is 20.8. The van der Waals surface area contributed by atoms with Crippen LogP contribution < -0.4 is 0 Å². The highest BCUT2D eigenvalue weighted by molar-refractivity contribution is 6.28. The normalized spacial score (nSPS) is 13.2. The SMILES string of the molecule is CC1(C)c2ccccc2-c2ccc(-c3c4c(c(-c5c(-c6ccccc6)cccc5-c5ccccc5)c5ccccc35)-c3cccc5cccc-4c35)cc21. The summed E-state index contributed by atoms with van der Waals surface area (Å²) in [7, 11) is 0. The summed E-state index contributed by atoms with van der Waals surface area (Å²) < 4.78 is 0. The molecule has 0 aromatic heterocycles. The van der Waals surface area contributed by atoms with Gasteiger partial charge in [-0.3, -0.25) is 0 Å². The van der Waals surface area contributed by atoms with Gasteiger partial charge in [-0.05, 0) is 117 Å². The first-order chi connectivity index (χ1) is 26.1. The van der Waals surface area contributed by atoms with Gasteiger partial charge in [-0.25, -0.2) is 0 Å². The molecule has 9 aromatic rings. The Kier molecular flexibility index (Phi) is 6.40. The molecule has 0 N–H and O–H groups in total. The van der Waals surface area contributed by atoms with E-state index in [1.807, 2.05) is 0 Å². The van der Waals surface area contributed by atoms with Crippen LogP contribution in [0.25, 0.3) is 99.4 Å². The zero-order valence-electron chi connectivity index (χ0n) is 29.8. The minimum atomic E-state index is -0.0942. The molecule has 11 rings (SSSR count). The van der Waals surface area contributed by atoms with Gasteiger partial charge in [0.2, 0.25) is 0 Å². The van der Waals surface area contributed by atoms with E-state index in [9.17, 15) is 0 Å². The van der Waals surface area contributed by atoms with Crippen molar-refractivity contribution in [3.05, 3.63) is 193 Å². The van der Waals surface area contributed by atoms with E-state index >= 15 is 0 Å². The van der Waals surface area contributed by atoms with Crippen molar-refractivity contribution in [2.45, 2.75) is 19.3 Å². The second-order valence-electron chi connectivity index (χ2n) is 15.1. The summed E-state index contributed by atoms with van der Waals surface area (Å²) in [6, 6.07) is 67.9. The lowest BCUT2D eigenvalue weighted by Crippen LogP contribution is -2.14. The standard InChI is InChI=1S/C53H36/c1-53(2)45-29-12-11-22-39(45)40-31-30-36(32-46(40)53)48-41-23-9-10-24-42(41)50(52-44-28-14-21-35-20-13-27-43(47(35)44)51(48)52)49-37(33-16-5-3-6-17-33)25-15-26-38(49)34-18-7-4-8-19-34/h3-32H,1-2H3. The molecule has 0 spiro atoms. The van der Waals surface area contributed by atoms with Crippen molar-refractivity contribution in [3.8, 4) is 77.9 Å². The van der Waals surface area contributed by atoms with Gasteiger partial charge < -0.3 is 0 Å². The Morgan fingerprint density at radius 3 is 1.45 bits per heavy atom. The average Bonchev–Trinajstić information content (AvgIpc) is 3.66. The van der Waals surface area contributed by atoms with Crippen molar-refractivity contribution in [1.82, 2.24) is 0 Å². The van der Waals surface area contributed by atoms with E-state index in [0.29, 0.717) is 0 Å². The maximum atomic E-state index is 2.51. The molecule has 0 fully saturated rings. The molecule has 53 heavy (non-hydrogen) atoms. The van der Waals surface area contributed by atoms with E-state index in [4.69, 9.17) is 0 Å². The van der Waals surface area contributed by atoms with Gasteiger partial charge >= 0.3 is 0 Å². The highest BCUT2D eigenvalue weighted by atomic mass is 14.4. The fourth-order valence-electron chi connectivity index (χ4n) is 9.69. The predicted molar refractivity (Wildman–Crippen MR) is 225 cm³/mol. The van der Waals surface area contributed by atoms with Gasteiger partial charge in [-0.2, -0.15) is 0 Å². The van der Waals surface area contributed by atoms with Gasteiger partial charge in [-0.15, -0.1) is 0 Å². The highest BCUT2D eigenvalue weighted by Crippen LogP contribution is 2.60. The van der Waals surface area contributed by atoms with Crippen LogP contribution in [0.4, 0.5) is 0 Å². The lowest BCUT2D eigenvalue weighted by atomic mass is 9.77. The second kappa shape index (κ2) is 11.2. The highest BCUT2D eigenvalue weighted by Gasteiger charge is 2.37. The number of benzene rings is 9. The summed E-state index contributed by atoms with van der Waals surface area (Å²) in [5, 5.41) is 5.17. The van der Waals surface area contributed by atoms with Gasteiger partial charge in [0, 0.05) is 5.41 Å². The van der Waals surface area contributed by atoms with E-state index in [-0.39, 0.29) is 5.41 Å². The van der Waals surface area contributed by atoms with Gasteiger partial charge in [0.15, 0.2) is 0 Å². The quantitative estimate of drug-likeness (QED) is 0.175. The second-order valence-corrected chi connectivity index (χ2v) is 15.1. The molecule has 2 aliphatic rings. The van der Waals surface area contributed by atoms with Crippen LogP contribution in [0.1, 0.15) is 25.0 Å². The monoisotopic (exact) mass is 672 g/mol. The molecule has 9 aromatic carbocycles. The molecule has 0 heteroatoms. The average molecular weight is 673 g/mol. The largest absolute Gasteiger partial charge is 0.0622 e. The van der Waals surface area contributed by atoms with Crippen LogP contribution in [0.5, 0.6) is 0 Å². The van der Waals surface area contributed by atoms with Gasteiger partial charge in [0.1, 0.15) is 0 Å².